The van der Waals surface area contributed by atoms with Gasteiger partial charge < -0.3 is 10.2 Å². The van der Waals surface area contributed by atoms with E-state index >= 15 is 0 Å². The van der Waals surface area contributed by atoms with Crippen LogP contribution in [0, 0.1) is 12.8 Å². The van der Waals surface area contributed by atoms with Crippen molar-refractivity contribution in [2.75, 3.05) is 11.4 Å². The number of aryl methyl sites for hydroxylation is 1. The zero-order chi connectivity index (χ0) is 15.6. The summed E-state index contributed by atoms with van der Waals surface area (Å²) >= 11 is 3.43. The third-order valence-electron chi connectivity index (χ3n) is 3.99. The fourth-order valence-corrected chi connectivity index (χ4v) is 2.83. The van der Waals surface area contributed by atoms with Gasteiger partial charge in [0.25, 0.3) is 0 Å². The monoisotopic (exact) mass is 352 g/mol. The molecule has 4 nitrogen and oxygen atoms in total. The minimum atomic E-state index is -0.558. The summed E-state index contributed by atoms with van der Waals surface area (Å²) < 4.78 is 0.934. The Bertz CT molecular complexity index is 559. The molecule has 0 unspecified atom stereocenters. The first-order chi connectivity index (χ1) is 9.93. The molecule has 1 aromatic rings. The van der Waals surface area contributed by atoms with Crippen LogP contribution in [-0.2, 0) is 9.59 Å². The average molecular weight is 353 g/mol. The molecule has 0 radical (unpaired) electrons. The lowest BCUT2D eigenvalue weighted by Crippen LogP contribution is -2.40. The van der Waals surface area contributed by atoms with Crippen LogP contribution < -0.4 is 10.2 Å². The molecule has 5 heteroatoms. The highest BCUT2D eigenvalue weighted by molar-refractivity contribution is 9.10. The largest absolute Gasteiger partial charge is 0.353 e. The molecule has 114 valence electrons. The number of rotatable bonds is 4. The minimum Gasteiger partial charge on any atom is -0.353 e. The predicted molar refractivity (Wildman–Crippen MR) is 87.2 cm³/mol. The number of halogens is 1. The summed E-state index contributed by atoms with van der Waals surface area (Å²) in [5.41, 5.74) is 1.92. The molecule has 1 fully saturated rings. The van der Waals surface area contributed by atoms with Crippen LogP contribution in [0.4, 0.5) is 5.69 Å². The summed E-state index contributed by atoms with van der Waals surface area (Å²) in [7, 11) is 0. The molecule has 0 saturated carbocycles. The van der Waals surface area contributed by atoms with Crippen molar-refractivity contribution in [2.24, 2.45) is 5.92 Å². The molecule has 1 aromatic carbocycles. The van der Waals surface area contributed by atoms with Gasteiger partial charge in [0.05, 0.1) is 0 Å². The Morgan fingerprint density at radius 3 is 2.90 bits per heavy atom. The Balaban J connectivity index is 2.14. The Hall–Kier alpha value is -1.36. The normalized spacial score (nSPS) is 19.7. The molecule has 1 N–H and O–H groups in total. The highest BCUT2D eigenvalue weighted by Gasteiger charge is 2.38. The Morgan fingerprint density at radius 2 is 2.24 bits per heavy atom. The zero-order valence-electron chi connectivity index (χ0n) is 12.6. The molecule has 0 aliphatic carbocycles. The van der Waals surface area contributed by atoms with E-state index in [2.05, 4.69) is 21.2 Å². The second-order valence-corrected chi connectivity index (χ2v) is 6.50. The quantitative estimate of drug-likeness (QED) is 0.846. The van der Waals surface area contributed by atoms with Gasteiger partial charge in [-0.25, -0.2) is 0 Å². The van der Waals surface area contributed by atoms with Crippen LogP contribution in [0.3, 0.4) is 0 Å². The Labute approximate surface area is 134 Å². The lowest BCUT2D eigenvalue weighted by atomic mass is 10.1. The Morgan fingerprint density at radius 1 is 1.52 bits per heavy atom. The molecule has 1 aliphatic rings. The summed E-state index contributed by atoms with van der Waals surface area (Å²) in [6, 6.07) is 5.96. The maximum atomic E-state index is 12.5. The van der Waals surface area contributed by atoms with Crippen molar-refractivity contribution in [1.29, 1.82) is 0 Å². The predicted octanol–water partition coefficient (Wildman–Crippen LogP) is 3.03. The van der Waals surface area contributed by atoms with Crippen molar-refractivity contribution in [3.8, 4) is 0 Å². The lowest BCUT2D eigenvalue weighted by Gasteiger charge is -2.20. The van der Waals surface area contributed by atoms with Crippen molar-refractivity contribution >= 4 is 33.4 Å². The lowest BCUT2D eigenvalue weighted by molar-refractivity contribution is -0.132. The summed E-state index contributed by atoms with van der Waals surface area (Å²) in [4.78, 5) is 26.4. The topological polar surface area (TPSA) is 49.4 Å². The molecule has 0 aromatic heterocycles. The first-order valence-corrected chi connectivity index (χ1v) is 8.11. The van der Waals surface area contributed by atoms with E-state index in [0.29, 0.717) is 13.0 Å². The molecule has 1 aliphatic heterocycles. The smallest absolute Gasteiger partial charge is 0.239 e. The number of carbonyl (C=O) groups excluding carboxylic acids is 2. The molecule has 2 rings (SSSR count). The fourth-order valence-electron chi connectivity index (χ4n) is 2.48. The van der Waals surface area contributed by atoms with Gasteiger partial charge in [-0.2, -0.15) is 0 Å². The van der Waals surface area contributed by atoms with Crippen LogP contribution in [0.2, 0.25) is 0 Å². The highest BCUT2D eigenvalue weighted by Crippen LogP contribution is 2.30. The second-order valence-electron chi connectivity index (χ2n) is 5.58. The number of carbonyl (C=O) groups is 2. The first kappa shape index (κ1) is 16.0. The van der Waals surface area contributed by atoms with Gasteiger partial charge in [0.15, 0.2) is 0 Å². The fraction of sp³-hybridized carbons (Fsp3) is 0.500. The van der Waals surface area contributed by atoms with Crippen molar-refractivity contribution in [3.63, 3.8) is 0 Å². The van der Waals surface area contributed by atoms with Gasteiger partial charge in [-0.05, 0) is 44.4 Å². The third-order valence-corrected chi connectivity index (χ3v) is 4.48. The third kappa shape index (κ3) is 3.46. The van der Waals surface area contributed by atoms with Crippen LogP contribution in [0.1, 0.15) is 32.3 Å². The van der Waals surface area contributed by atoms with Crippen LogP contribution in [0.25, 0.3) is 0 Å². The minimum absolute atomic E-state index is 0.1000. The SMILES string of the molecule is CC[C@@H](C)NC(=O)[C@H]1CCN(c2cc(Br)ccc2C)C1=O. The molecular weight excluding hydrogens is 332 g/mol. The zero-order valence-corrected chi connectivity index (χ0v) is 14.2. The van der Waals surface area contributed by atoms with Crippen molar-refractivity contribution in [3.05, 3.63) is 28.2 Å². The number of anilines is 1. The van der Waals surface area contributed by atoms with E-state index in [1.54, 1.807) is 4.90 Å². The number of nitrogens with zero attached hydrogens (tertiary/aromatic N) is 1. The van der Waals surface area contributed by atoms with Gasteiger partial charge in [-0.1, -0.05) is 28.9 Å². The standard InChI is InChI=1S/C16H21BrN2O2/c1-4-11(3)18-15(20)13-7-8-19(16(13)21)14-9-12(17)6-5-10(14)2/h5-6,9,11,13H,4,7-8H2,1-3H3,(H,18,20)/t11-,13-/m1/s1. The van der Waals surface area contributed by atoms with Crippen LogP contribution >= 0.6 is 15.9 Å². The molecule has 2 atom stereocenters. The summed E-state index contributed by atoms with van der Waals surface area (Å²) in [5.74, 6) is -0.807. The second kappa shape index (κ2) is 6.60. The van der Waals surface area contributed by atoms with Crippen molar-refractivity contribution in [2.45, 2.75) is 39.7 Å². The molecule has 21 heavy (non-hydrogen) atoms. The van der Waals surface area contributed by atoms with Crippen molar-refractivity contribution < 1.29 is 9.59 Å². The van der Waals surface area contributed by atoms with Crippen LogP contribution in [0.15, 0.2) is 22.7 Å². The van der Waals surface area contributed by atoms with Gasteiger partial charge in [0, 0.05) is 22.7 Å². The summed E-state index contributed by atoms with van der Waals surface area (Å²) in [6.07, 6.45) is 1.44. The van der Waals surface area contributed by atoms with E-state index in [1.807, 2.05) is 39.0 Å². The molecular formula is C16H21BrN2O2. The number of benzene rings is 1. The van der Waals surface area contributed by atoms with E-state index in [0.717, 1.165) is 22.1 Å². The maximum Gasteiger partial charge on any atom is 0.239 e. The van der Waals surface area contributed by atoms with Crippen molar-refractivity contribution in [1.82, 2.24) is 5.32 Å². The number of hydrogen-bond acceptors (Lipinski definition) is 2. The molecule has 2 amide bonds. The summed E-state index contributed by atoms with van der Waals surface area (Å²) in [5, 5.41) is 2.90. The molecule has 1 saturated heterocycles. The van der Waals surface area contributed by atoms with E-state index in [4.69, 9.17) is 0 Å². The van der Waals surface area contributed by atoms with Gasteiger partial charge in [0.2, 0.25) is 11.8 Å². The van der Waals surface area contributed by atoms with E-state index in [-0.39, 0.29) is 17.9 Å². The van der Waals surface area contributed by atoms with Gasteiger partial charge >= 0.3 is 0 Å². The van der Waals surface area contributed by atoms with E-state index in [1.165, 1.54) is 0 Å². The van der Waals surface area contributed by atoms with Gasteiger partial charge in [-0.3, -0.25) is 9.59 Å². The molecule has 0 spiro atoms. The average Bonchev–Trinajstić information content (AvgIpc) is 2.83. The van der Waals surface area contributed by atoms with Crippen LogP contribution in [0.5, 0.6) is 0 Å². The maximum absolute atomic E-state index is 12.5. The molecule has 0 bridgehead atoms. The van der Waals surface area contributed by atoms with E-state index < -0.39 is 5.92 Å². The summed E-state index contributed by atoms with van der Waals surface area (Å²) in [6.45, 7) is 6.53. The molecule has 1 heterocycles. The Kier molecular flexibility index (Phi) is 5.04. The number of nitrogens with one attached hydrogen (secondary N) is 1. The number of amides is 2. The highest BCUT2D eigenvalue weighted by atomic mass is 79.9. The first-order valence-electron chi connectivity index (χ1n) is 7.32. The van der Waals surface area contributed by atoms with Gasteiger partial charge in [0.1, 0.15) is 5.92 Å². The van der Waals surface area contributed by atoms with Crippen LogP contribution in [-0.4, -0.2) is 24.4 Å². The van der Waals surface area contributed by atoms with E-state index in [9.17, 15) is 9.59 Å². The van der Waals surface area contributed by atoms with Gasteiger partial charge in [-0.15, -0.1) is 0 Å². The number of hydrogen-bond donors (Lipinski definition) is 1.